The highest BCUT2D eigenvalue weighted by Gasteiger charge is 2.30. The molecule has 0 aromatic heterocycles. The molecule has 0 aromatic rings. The van der Waals surface area contributed by atoms with E-state index in [1.54, 1.807) is 6.08 Å². The third kappa shape index (κ3) is 4.31. The first-order chi connectivity index (χ1) is 5.94. The van der Waals surface area contributed by atoms with Gasteiger partial charge in [-0.2, -0.15) is 12.6 Å². The van der Waals surface area contributed by atoms with E-state index in [1.807, 2.05) is 20.8 Å². The van der Waals surface area contributed by atoms with Gasteiger partial charge in [-0.3, -0.25) is 0 Å². The Morgan fingerprint density at radius 1 is 1.69 bits per heavy atom. The van der Waals surface area contributed by atoms with Crippen molar-refractivity contribution in [2.45, 2.75) is 38.0 Å². The molecule has 0 fully saturated rings. The summed E-state index contributed by atoms with van der Waals surface area (Å²) in [6, 6.07) is 0. The van der Waals surface area contributed by atoms with Gasteiger partial charge in [-0.1, -0.05) is 13.0 Å². The minimum absolute atomic E-state index is 0.0812. The standard InChI is InChI=1S/C9H17NO2S/c1-5-8(6-7(2)13)9(3,4)12-10-11/h5,7-8,13H,1,6H2,2-4H3. The average molecular weight is 203 g/mol. The number of hydrogen-bond donors (Lipinski definition) is 1. The summed E-state index contributed by atoms with van der Waals surface area (Å²) < 4.78 is 0. The first-order valence-corrected chi connectivity index (χ1v) is 4.77. The van der Waals surface area contributed by atoms with E-state index in [0.29, 0.717) is 0 Å². The molecule has 0 amide bonds. The minimum atomic E-state index is -0.597. The zero-order chi connectivity index (χ0) is 10.5. The van der Waals surface area contributed by atoms with Crippen molar-refractivity contribution in [1.29, 1.82) is 0 Å². The van der Waals surface area contributed by atoms with Gasteiger partial charge in [0.1, 0.15) is 5.60 Å². The van der Waals surface area contributed by atoms with E-state index in [9.17, 15) is 4.91 Å². The van der Waals surface area contributed by atoms with Crippen LogP contribution < -0.4 is 0 Å². The molecule has 2 unspecified atom stereocenters. The quantitative estimate of drug-likeness (QED) is 0.312. The molecule has 76 valence electrons. The SMILES string of the molecule is C=CC(CC(C)S)C(C)(C)ON=O. The van der Waals surface area contributed by atoms with Crippen LogP contribution in [0.4, 0.5) is 0 Å². The molecule has 0 heterocycles. The second-order valence-corrected chi connectivity index (χ2v) is 4.58. The summed E-state index contributed by atoms with van der Waals surface area (Å²) in [6.07, 6.45) is 2.59. The van der Waals surface area contributed by atoms with Crippen molar-refractivity contribution in [2.75, 3.05) is 0 Å². The van der Waals surface area contributed by atoms with E-state index in [0.717, 1.165) is 6.42 Å². The van der Waals surface area contributed by atoms with Crippen molar-refractivity contribution in [3.05, 3.63) is 17.6 Å². The van der Waals surface area contributed by atoms with Crippen LogP contribution in [0, 0.1) is 10.8 Å². The molecule has 2 atom stereocenters. The molecule has 0 aliphatic carbocycles. The summed E-state index contributed by atoms with van der Waals surface area (Å²) in [5, 5.41) is 2.71. The van der Waals surface area contributed by atoms with E-state index in [2.05, 4.69) is 24.5 Å². The van der Waals surface area contributed by atoms with Gasteiger partial charge in [-0.25, -0.2) is 0 Å². The first kappa shape index (κ1) is 12.5. The number of hydrogen-bond acceptors (Lipinski definition) is 4. The predicted octanol–water partition coefficient (Wildman–Crippen LogP) is 2.97. The summed E-state index contributed by atoms with van der Waals surface area (Å²) in [6.45, 7) is 9.33. The first-order valence-electron chi connectivity index (χ1n) is 4.25. The second kappa shape index (κ2) is 5.27. The van der Waals surface area contributed by atoms with Crippen molar-refractivity contribution in [1.82, 2.24) is 0 Å². The third-order valence-electron chi connectivity index (χ3n) is 2.05. The van der Waals surface area contributed by atoms with Crippen LogP contribution in [0.5, 0.6) is 0 Å². The summed E-state index contributed by atoms with van der Waals surface area (Å²) in [4.78, 5) is 14.7. The van der Waals surface area contributed by atoms with Crippen molar-refractivity contribution in [3.8, 4) is 0 Å². The number of thiol groups is 1. The average Bonchev–Trinajstić information content (AvgIpc) is 1.99. The molecule has 0 N–H and O–H groups in total. The van der Waals surface area contributed by atoms with E-state index >= 15 is 0 Å². The predicted molar refractivity (Wildman–Crippen MR) is 57.7 cm³/mol. The molecule has 0 rings (SSSR count). The van der Waals surface area contributed by atoms with Crippen LogP contribution >= 0.6 is 12.6 Å². The Kier molecular flexibility index (Phi) is 5.06. The molecule has 3 nitrogen and oxygen atoms in total. The highest BCUT2D eigenvalue weighted by Crippen LogP contribution is 2.28. The van der Waals surface area contributed by atoms with Crippen molar-refractivity contribution in [2.24, 2.45) is 11.3 Å². The fourth-order valence-electron chi connectivity index (χ4n) is 1.20. The Hall–Kier alpha value is -0.510. The smallest absolute Gasteiger partial charge is 0.155 e. The third-order valence-corrected chi connectivity index (χ3v) is 2.26. The summed E-state index contributed by atoms with van der Waals surface area (Å²) >= 11 is 4.28. The lowest BCUT2D eigenvalue weighted by Gasteiger charge is -2.29. The Balaban J connectivity index is 4.35. The van der Waals surface area contributed by atoms with Gasteiger partial charge in [0.25, 0.3) is 0 Å². The van der Waals surface area contributed by atoms with Gasteiger partial charge < -0.3 is 4.84 Å². The highest BCUT2D eigenvalue weighted by molar-refractivity contribution is 7.80. The lowest BCUT2D eigenvalue weighted by molar-refractivity contribution is -0.0491. The normalized spacial score (nSPS) is 16.0. The van der Waals surface area contributed by atoms with Gasteiger partial charge in [-0.05, 0) is 25.5 Å². The van der Waals surface area contributed by atoms with Crippen LogP contribution in [-0.2, 0) is 4.84 Å². The second-order valence-electron chi connectivity index (χ2n) is 3.70. The Labute approximate surface area is 84.9 Å². The molecule has 0 aromatic carbocycles. The van der Waals surface area contributed by atoms with E-state index in [-0.39, 0.29) is 11.2 Å². The van der Waals surface area contributed by atoms with Crippen LogP contribution in [0.25, 0.3) is 0 Å². The largest absolute Gasteiger partial charge is 0.357 e. The molecule has 0 saturated carbocycles. The van der Waals surface area contributed by atoms with Gasteiger partial charge >= 0.3 is 0 Å². The minimum Gasteiger partial charge on any atom is -0.357 e. The van der Waals surface area contributed by atoms with E-state index < -0.39 is 5.60 Å². The summed E-state index contributed by atoms with van der Waals surface area (Å²) in [7, 11) is 0. The highest BCUT2D eigenvalue weighted by atomic mass is 32.1. The Morgan fingerprint density at radius 3 is 2.54 bits per heavy atom. The van der Waals surface area contributed by atoms with Gasteiger partial charge in [-0.15, -0.1) is 11.5 Å². The molecule has 0 radical (unpaired) electrons. The molecule has 4 heteroatoms. The van der Waals surface area contributed by atoms with Crippen LogP contribution in [-0.4, -0.2) is 10.9 Å². The lowest BCUT2D eigenvalue weighted by Crippen LogP contribution is -2.32. The topological polar surface area (TPSA) is 38.7 Å². The molecule has 13 heavy (non-hydrogen) atoms. The molecule has 0 aliphatic rings. The van der Waals surface area contributed by atoms with E-state index in [1.165, 1.54) is 0 Å². The van der Waals surface area contributed by atoms with Gasteiger partial charge in [0.05, 0.1) is 0 Å². The van der Waals surface area contributed by atoms with Gasteiger partial charge in [0, 0.05) is 5.92 Å². The maximum atomic E-state index is 10.0. The zero-order valence-electron chi connectivity index (χ0n) is 8.36. The molecule has 0 saturated heterocycles. The molecule has 0 spiro atoms. The number of nitrogens with zero attached hydrogens (tertiary/aromatic N) is 1. The van der Waals surface area contributed by atoms with Crippen LogP contribution in [0.2, 0.25) is 0 Å². The molecule has 0 aliphatic heterocycles. The maximum Gasteiger partial charge on any atom is 0.155 e. The van der Waals surface area contributed by atoms with Crippen molar-refractivity contribution < 1.29 is 4.84 Å². The summed E-state index contributed by atoms with van der Waals surface area (Å²) in [5.41, 5.74) is -0.597. The van der Waals surface area contributed by atoms with Gasteiger partial charge in [0.15, 0.2) is 5.34 Å². The van der Waals surface area contributed by atoms with Crippen molar-refractivity contribution >= 4 is 12.6 Å². The Morgan fingerprint density at radius 2 is 2.23 bits per heavy atom. The Bertz CT molecular complexity index is 180. The molecular weight excluding hydrogens is 186 g/mol. The van der Waals surface area contributed by atoms with Gasteiger partial charge in [0.2, 0.25) is 0 Å². The maximum absolute atomic E-state index is 10.0. The lowest BCUT2D eigenvalue weighted by atomic mass is 9.87. The number of rotatable bonds is 6. The van der Waals surface area contributed by atoms with Crippen LogP contribution in [0.15, 0.2) is 18.0 Å². The van der Waals surface area contributed by atoms with Crippen LogP contribution in [0.1, 0.15) is 27.2 Å². The zero-order valence-corrected chi connectivity index (χ0v) is 9.25. The van der Waals surface area contributed by atoms with E-state index in [4.69, 9.17) is 4.84 Å². The summed E-state index contributed by atoms with van der Waals surface area (Å²) in [5.74, 6) is 0.0812. The van der Waals surface area contributed by atoms with Crippen molar-refractivity contribution in [3.63, 3.8) is 0 Å². The van der Waals surface area contributed by atoms with Crippen LogP contribution in [0.3, 0.4) is 0 Å². The molecule has 0 bridgehead atoms. The fourth-order valence-corrected chi connectivity index (χ4v) is 1.42. The fraction of sp³-hybridized carbons (Fsp3) is 0.778. The monoisotopic (exact) mass is 203 g/mol. The molecular formula is C9H17NO2S.